The van der Waals surface area contributed by atoms with Crippen molar-refractivity contribution < 1.29 is 0 Å². The fourth-order valence-corrected chi connectivity index (χ4v) is 4.02. The molecule has 0 saturated heterocycles. The molecule has 0 aliphatic heterocycles. The fraction of sp³-hybridized carbons (Fsp3) is 0. The Kier molecular flexibility index (Phi) is 3.75. The Hall–Kier alpha value is -2.71. The molecule has 0 radical (unpaired) electrons. The molecule has 0 saturated carbocycles. The van der Waals surface area contributed by atoms with Gasteiger partial charge in [-0.1, -0.05) is 72.3 Å². The first-order valence-electron chi connectivity index (χ1n) is 7.79. The zero-order valence-corrected chi connectivity index (χ0v) is 14.0. The van der Waals surface area contributed by atoms with Crippen molar-refractivity contribution in [2.24, 2.45) is 0 Å². The molecule has 0 amide bonds. The van der Waals surface area contributed by atoms with E-state index < -0.39 is 0 Å². The fourth-order valence-electron chi connectivity index (χ4n) is 2.99. The Labute approximate surface area is 145 Å². The van der Waals surface area contributed by atoms with Crippen LogP contribution in [-0.2, 0) is 0 Å². The van der Waals surface area contributed by atoms with Crippen molar-refractivity contribution in [2.45, 2.75) is 9.79 Å². The van der Waals surface area contributed by atoms with Gasteiger partial charge in [0.25, 0.3) is 0 Å². The lowest BCUT2D eigenvalue weighted by Crippen LogP contribution is -2.22. The second-order valence-corrected chi connectivity index (χ2v) is 6.71. The largest absolute Gasteiger partial charge is 0.347 e. The molecule has 1 heterocycles. The monoisotopic (exact) mass is 326 g/mol. The highest BCUT2D eigenvalue weighted by Crippen LogP contribution is 2.31. The van der Waals surface area contributed by atoms with Crippen LogP contribution >= 0.6 is 11.8 Å². The molecule has 0 fully saturated rings. The van der Waals surface area contributed by atoms with Crippen molar-refractivity contribution in [2.75, 3.05) is 0 Å². The van der Waals surface area contributed by atoms with Crippen LogP contribution in [0.5, 0.6) is 0 Å². The lowest BCUT2D eigenvalue weighted by atomic mass is 10.2. The summed E-state index contributed by atoms with van der Waals surface area (Å²) in [4.78, 5) is 2.38. The number of hydrogen-bond donors (Lipinski definition) is 0. The van der Waals surface area contributed by atoms with Gasteiger partial charge in [-0.2, -0.15) is 0 Å². The SMILES string of the molecule is [CH-]=c1c2cccc(Sc3ccccc3)c2c(=C)n1-c1ccccc1. The van der Waals surface area contributed by atoms with E-state index in [-0.39, 0.29) is 0 Å². The number of rotatable bonds is 3. The Morgan fingerprint density at radius 2 is 1.46 bits per heavy atom. The second kappa shape index (κ2) is 6.06. The number of nitrogens with zero attached hydrogens (tertiary/aromatic N) is 1. The van der Waals surface area contributed by atoms with Crippen LogP contribution in [0.3, 0.4) is 0 Å². The van der Waals surface area contributed by atoms with Gasteiger partial charge in [0.2, 0.25) is 0 Å². The molecule has 0 bridgehead atoms. The van der Waals surface area contributed by atoms with Crippen LogP contribution in [0.25, 0.3) is 29.6 Å². The van der Waals surface area contributed by atoms with E-state index in [2.05, 4.69) is 49.0 Å². The molecule has 3 aromatic carbocycles. The van der Waals surface area contributed by atoms with Gasteiger partial charge in [-0.05, 0) is 24.3 Å². The first kappa shape index (κ1) is 14.9. The average molecular weight is 326 g/mol. The summed E-state index contributed by atoms with van der Waals surface area (Å²) in [6, 6.07) is 26.7. The minimum atomic E-state index is 0.733. The predicted molar refractivity (Wildman–Crippen MR) is 103 cm³/mol. The van der Waals surface area contributed by atoms with E-state index in [1.54, 1.807) is 11.8 Å². The van der Waals surface area contributed by atoms with Crippen LogP contribution < -0.4 is 10.7 Å². The molecule has 1 nitrogen and oxygen atoms in total. The highest BCUT2D eigenvalue weighted by molar-refractivity contribution is 7.99. The van der Waals surface area contributed by atoms with Gasteiger partial charge in [0, 0.05) is 20.8 Å². The standard InChI is InChI=1S/C22H16NS/c1-16-20-14-9-15-21(24-19-12-7-4-8-13-19)22(20)17(2)23(16)18-10-5-3-6-11-18/h1,3-15H,2H2/q-1. The number of benzene rings is 3. The van der Waals surface area contributed by atoms with Crippen LogP contribution in [0.15, 0.2) is 88.7 Å². The summed E-state index contributed by atoms with van der Waals surface area (Å²) in [5, 5.41) is 3.82. The highest BCUT2D eigenvalue weighted by Gasteiger charge is 2.06. The van der Waals surface area contributed by atoms with Crippen LogP contribution in [0.2, 0.25) is 0 Å². The number of para-hydroxylation sites is 1. The molecule has 4 aromatic rings. The molecule has 2 heteroatoms. The third kappa shape index (κ3) is 2.45. The summed E-state index contributed by atoms with van der Waals surface area (Å²) in [7, 11) is 0. The van der Waals surface area contributed by atoms with Crippen molar-refractivity contribution in [3.8, 4) is 5.69 Å². The van der Waals surface area contributed by atoms with Gasteiger partial charge >= 0.3 is 0 Å². The lowest BCUT2D eigenvalue weighted by Gasteiger charge is -2.07. The molecule has 0 N–H and O–H groups in total. The van der Waals surface area contributed by atoms with Crippen LogP contribution in [0, 0.1) is 0 Å². The molecular formula is C22H16NS-. The van der Waals surface area contributed by atoms with Gasteiger partial charge in [0.15, 0.2) is 0 Å². The quantitative estimate of drug-likeness (QED) is 0.503. The van der Waals surface area contributed by atoms with Crippen molar-refractivity contribution in [1.82, 2.24) is 4.57 Å². The Morgan fingerprint density at radius 3 is 2.17 bits per heavy atom. The molecule has 0 spiro atoms. The number of hydrogen-bond acceptors (Lipinski definition) is 1. The second-order valence-electron chi connectivity index (χ2n) is 5.60. The van der Waals surface area contributed by atoms with Gasteiger partial charge in [-0.25, -0.2) is 0 Å². The molecular weight excluding hydrogens is 310 g/mol. The summed E-state index contributed by atoms with van der Waals surface area (Å²) in [5.74, 6) is 0. The van der Waals surface area contributed by atoms with Crippen LogP contribution in [0.1, 0.15) is 0 Å². The molecule has 0 aliphatic rings. The summed E-state index contributed by atoms with van der Waals surface area (Å²) in [5.41, 5.74) is 1.03. The van der Waals surface area contributed by atoms with E-state index >= 15 is 0 Å². The van der Waals surface area contributed by atoms with Crippen LogP contribution in [0.4, 0.5) is 0 Å². The van der Waals surface area contributed by atoms with Gasteiger partial charge in [0.1, 0.15) is 0 Å². The van der Waals surface area contributed by atoms with Crippen molar-refractivity contribution in [3.63, 3.8) is 0 Å². The van der Waals surface area contributed by atoms with Crippen LogP contribution in [-0.4, -0.2) is 4.57 Å². The molecule has 116 valence electrons. The lowest BCUT2D eigenvalue weighted by molar-refractivity contribution is 1.01. The normalized spacial score (nSPS) is 11.0. The summed E-state index contributed by atoms with van der Waals surface area (Å²) >= 11 is 1.74. The maximum absolute atomic E-state index is 6.45. The topological polar surface area (TPSA) is 4.93 Å². The maximum Gasteiger partial charge on any atom is 0.0428 e. The third-order valence-electron chi connectivity index (χ3n) is 4.09. The van der Waals surface area contributed by atoms with Crippen molar-refractivity contribution in [3.05, 3.63) is 89.6 Å². The Bertz CT molecular complexity index is 1100. The molecule has 0 unspecified atom stereocenters. The summed E-state index contributed by atoms with van der Waals surface area (Å²) in [6.07, 6.45) is 0. The summed E-state index contributed by atoms with van der Waals surface area (Å²) in [6.45, 7) is 10.8. The minimum absolute atomic E-state index is 0.733. The van der Waals surface area contributed by atoms with E-state index in [1.165, 1.54) is 9.79 Å². The van der Waals surface area contributed by atoms with Crippen molar-refractivity contribution in [1.29, 1.82) is 0 Å². The minimum Gasteiger partial charge on any atom is -0.347 e. The molecule has 4 rings (SSSR count). The molecule has 0 atom stereocenters. The first-order valence-corrected chi connectivity index (χ1v) is 8.60. The van der Waals surface area contributed by atoms with Gasteiger partial charge < -0.3 is 4.57 Å². The van der Waals surface area contributed by atoms with Crippen molar-refractivity contribution >= 4 is 35.7 Å². The maximum atomic E-state index is 6.45. The zero-order valence-electron chi connectivity index (χ0n) is 13.1. The highest BCUT2D eigenvalue weighted by atomic mass is 32.2. The predicted octanol–water partition coefficient (Wildman–Crippen LogP) is 4.48. The van der Waals surface area contributed by atoms with E-state index in [0.29, 0.717) is 0 Å². The zero-order chi connectivity index (χ0) is 16.5. The Balaban J connectivity index is 1.95. The molecule has 1 aromatic heterocycles. The molecule has 0 aliphatic carbocycles. The molecule has 24 heavy (non-hydrogen) atoms. The van der Waals surface area contributed by atoms with E-state index in [1.807, 2.05) is 41.0 Å². The smallest absolute Gasteiger partial charge is 0.0428 e. The average Bonchev–Trinajstić information content (AvgIpc) is 2.88. The summed E-state index contributed by atoms with van der Waals surface area (Å²) < 4.78 is 2.03. The number of fused-ring (bicyclic) bond motifs is 1. The third-order valence-corrected chi connectivity index (χ3v) is 5.15. The number of aromatic nitrogens is 1. The van der Waals surface area contributed by atoms with E-state index in [0.717, 1.165) is 27.2 Å². The van der Waals surface area contributed by atoms with Gasteiger partial charge in [-0.15, -0.1) is 16.8 Å². The Morgan fingerprint density at radius 1 is 0.792 bits per heavy atom. The van der Waals surface area contributed by atoms with Gasteiger partial charge in [-0.3, -0.25) is 6.58 Å². The van der Waals surface area contributed by atoms with E-state index in [9.17, 15) is 0 Å². The van der Waals surface area contributed by atoms with E-state index in [4.69, 9.17) is 6.58 Å². The first-order chi connectivity index (χ1) is 11.8. The van der Waals surface area contributed by atoms with Gasteiger partial charge in [0.05, 0.1) is 0 Å².